The van der Waals surface area contributed by atoms with E-state index in [1.807, 2.05) is 26.0 Å². The molecule has 0 radical (unpaired) electrons. The zero-order valence-corrected chi connectivity index (χ0v) is 14.8. The molecule has 0 aliphatic rings. The zero-order valence-electron chi connectivity index (χ0n) is 14.8. The molecular formula is C20H21NO4. The summed E-state index contributed by atoms with van der Waals surface area (Å²) in [6.45, 7) is 3.92. The number of benzene rings is 2. The number of hydrogen-bond acceptors (Lipinski definition) is 4. The fourth-order valence-electron chi connectivity index (χ4n) is 2.53. The number of anilines is 1. The second-order valence-electron chi connectivity index (χ2n) is 5.53. The van der Waals surface area contributed by atoms with Gasteiger partial charge in [-0.15, -0.1) is 0 Å². The third-order valence-corrected chi connectivity index (χ3v) is 3.79. The summed E-state index contributed by atoms with van der Waals surface area (Å²) in [4.78, 5) is 24.0. The Bertz CT molecular complexity index is 801. The lowest BCUT2D eigenvalue weighted by atomic mass is 10.0. The molecule has 1 amide bonds. The SMILES string of the molecule is COC(=O)c1ccccc1NC(=O)/C=C/c1c(C)cc(OC)cc1C. The Kier molecular flexibility index (Phi) is 5.95. The number of rotatable bonds is 5. The minimum atomic E-state index is -0.498. The Balaban J connectivity index is 2.19. The largest absolute Gasteiger partial charge is 0.497 e. The number of aryl methyl sites for hydroxylation is 2. The third-order valence-electron chi connectivity index (χ3n) is 3.79. The number of nitrogens with one attached hydrogen (secondary N) is 1. The van der Waals surface area contributed by atoms with Gasteiger partial charge in [0.2, 0.25) is 5.91 Å². The number of esters is 1. The number of carbonyl (C=O) groups is 2. The summed E-state index contributed by atoms with van der Waals surface area (Å²) in [6, 6.07) is 10.5. The predicted molar refractivity (Wildman–Crippen MR) is 97.9 cm³/mol. The normalized spacial score (nSPS) is 10.6. The number of amides is 1. The fourth-order valence-corrected chi connectivity index (χ4v) is 2.53. The molecule has 5 heteroatoms. The van der Waals surface area contributed by atoms with Crippen molar-refractivity contribution in [1.29, 1.82) is 0 Å². The maximum Gasteiger partial charge on any atom is 0.339 e. The molecule has 0 unspecified atom stereocenters. The molecule has 0 saturated heterocycles. The summed E-state index contributed by atoms with van der Waals surface area (Å²) >= 11 is 0. The maximum atomic E-state index is 12.2. The Hall–Kier alpha value is -3.08. The lowest BCUT2D eigenvalue weighted by Crippen LogP contribution is -2.12. The molecule has 130 valence electrons. The molecule has 0 bridgehead atoms. The van der Waals surface area contributed by atoms with Crippen LogP contribution in [0.2, 0.25) is 0 Å². The van der Waals surface area contributed by atoms with Crippen molar-refractivity contribution in [1.82, 2.24) is 0 Å². The van der Waals surface area contributed by atoms with Crippen molar-refractivity contribution in [2.45, 2.75) is 13.8 Å². The van der Waals surface area contributed by atoms with Gasteiger partial charge in [0.05, 0.1) is 25.5 Å². The van der Waals surface area contributed by atoms with Gasteiger partial charge >= 0.3 is 5.97 Å². The first-order valence-electron chi connectivity index (χ1n) is 7.78. The van der Waals surface area contributed by atoms with Crippen molar-refractivity contribution < 1.29 is 19.1 Å². The minimum absolute atomic E-state index is 0.309. The first-order chi connectivity index (χ1) is 12.0. The highest BCUT2D eigenvalue weighted by Crippen LogP contribution is 2.23. The van der Waals surface area contributed by atoms with Crippen LogP contribution >= 0.6 is 0 Å². The summed E-state index contributed by atoms with van der Waals surface area (Å²) in [5.74, 6) is -0.0451. The minimum Gasteiger partial charge on any atom is -0.497 e. The summed E-state index contributed by atoms with van der Waals surface area (Å²) in [7, 11) is 2.92. The van der Waals surface area contributed by atoms with Gasteiger partial charge < -0.3 is 14.8 Å². The molecule has 2 rings (SSSR count). The van der Waals surface area contributed by atoms with Crippen LogP contribution in [0.4, 0.5) is 5.69 Å². The maximum absolute atomic E-state index is 12.2. The van der Waals surface area contributed by atoms with E-state index in [0.717, 1.165) is 22.4 Å². The number of hydrogen-bond donors (Lipinski definition) is 1. The summed E-state index contributed by atoms with van der Waals surface area (Å²) < 4.78 is 9.96. The number of carbonyl (C=O) groups excluding carboxylic acids is 2. The monoisotopic (exact) mass is 339 g/mol. The van der Waals surface area contributed by atoms with E-state index in [1.54, 1.807) is 37.5 Å². The van der Waals surface area contributed by atoms with Crippen LogP contribution in [0.3, 0.4) is 0 Å². The van der Waals surface area contributed by atoms with E-state index in [9.17, 15) is 9.59 Å². The average Bonchev–Trinajstić information content (AvgIpc) is 2.60. The average molecular weight is 339 g/mol. The van der Waals surface area contributed by atoms with Crippen LogP contribution in [-0.4, -0.2) is 26.1 Å². The molecule has 2 aromatic carbocycles. The molecule has 0 heterocycles. The smallest absolute Gasteiger partial charge is 0.339 e. The molecule has 0 aliphatic heterocycles. The van der Waals surface area contributed by atoms with Gasteiger partial charge in [0.25, 0.3) is 0 Å². The zero-order chi connectivity index (χ0) is 18.4. The van der Waals surface area contributed by atoms with Gasteiger partial charge in [-0.3, -0.25) is 4.79 Å². The van der Waals surface area contributed by atoms with Crippen LogP contribution in [0.1, 0.15) is 27.0 Å². The van der Waals surface area contributed by atoms with Crippen LogP contribution < -0.4 is 10.1 Å². The van der Waals surface area contributed by atoms with E-state index in [0.29, 0.717) is 11.3 Å². The first-order valence-corrected chi connectivity index (χ1v) is 7.78. The number of para-hydroxylation sites is 1. The van der Waals surface area contributed by atoms with Crippen molar-refractivity contribution in [3.8, 4) is 5.75 Å². The van der Waals surface area contributed by atoms with Gasteiger partial charge in [0, 0.05) is 6.08 Å². The van der Waals surface area contributed by atoms with Crippen molar-refractivity contribution in [2.24, 2.45) is 0 Å². The standard InChI is InChI=1S/C20H21NO4/c1-13-11-15(24-3)12-14(2)16(13)9-10-19(22)21-18-8-6-5-7-17(18)20(23)25-4/h5-12H,1-4H3,(H,21,22)/b10-9+. The first kappa shape index (κ1) is 18.3. The van der Waals surface area contributed by atoms with E-state index in [4.69, 9.17) is 9.47 Å². The van der Waals surface area contributed by atoms with Crippen molar-refractivity contribution >= 4 is 23.6 Å². The van der Waals surface area contributed by atoms with Crippen LogP contribution in [0.15, 0.2) is 42.5 Å². The second-order valence-corrected chi connectivity index (χ2v) is 5.53. The fraction of sp³-hybridized carbons (Fsp3) is 0.200. The molecular weight excluding hydrogens is 318 g/mol. The van der Waals surface area contributed by atoms with Crippen LogP contribution in [0.25, 0.3) is 6.08 Å². The van der Waals surface area contributed by atoms with E-state index in [2.05, 4.69) is 5.32 Å². The van der Waals surface area contributed by atoms with Crippen LogP contribution in [0.5, 0.6) is 5.75 Å². The van der Waals surface area contributed by atoms with Gasteiger partial charge in [0.15, 0.2) is 0 Å². The lowest BCUT2D eigenvalue weighted by Gasteiger charge is -2.09. The number of methoxy groups -OCH3 is 2. The Morgan fingerprint density at radius 3 is 2.28 bits per heavy atom. The molecule has 25 heavy (non-hydrogen) atoms. The summed E-state index contributed by atoms with van der Waals surface area (Å²) in [6.07, 6.45) is 3.19. The Morgan fingerprint density at radius 2 is 1.68 bits per heavy atom. The molecule has 0 spiro atoms. The molecule has 1 N–H and O–H groups in total. The third kappa shape index (κ3) is 4.47. The van der Waals surface area contributed by atoms with Crippen molar-refractivity contribution in [3.05, 3.63) is 64.7 Å². The lowest BCUT2D eigenvalue weighted by molar-refractivity contribution is -0.111. The highest BCUT2D eigenvalue weighted by Gasteiger charge is 2.12. The highest BCUT2D eigenvalue weighted by molar-refractivity contribution is 6.06. The second kappa shape index (κ2) is 8.15. The highest BCUT2D eigenvalue weighted by atomic mass is 16.5. The molecule has 0 saturated carbocycles. The van der Waals surface area contributed by atoms with E-state index in [-0.39, 0.29) is 5.91 Å². The molecule has 2 aromatic rings. The van der Waals surface area contributed by atoms with Gasteiger partial charge in [0.1, 0.15) is 5.75 Å². The summed E-state index contributed by atoms with van der Waals surface area (Å²) in [5, 5.41) is 2.71. The van der Waals surface area contributed by atoms with Crippen molar-refractivity contribution in [3.63, 3.8) is 0 Å². The van der Waals surface area contributed by atoms with E-state index >= 15 is 0 Å². The van der Waals surface area contributed by atoms with Gasteiger partial charge in [-0.2, -0.15) is 0 Å². The Morgan fingerprint density at radius 1 is 1.04 bits per heavy atom. The molecule has 0 aromatic heterocycles. The predicted octanol–water partition coefficient (Wildman–Crippen LogP) is 3.75. The molecule has 0 fully saturated rings. The number of ether oxygens (including phenoxy) is 2. The topological polar surface area (TPSA) is 64.6 Å². The van der Waals surface area contributed by atoms with E-state index < -0.39 is 5.97 Å². The Labute approximate surface area is 147 Å². The van der Waals surface area contributed by atoms with Crippen LogP contribution in [0, 0.1) is 13.8 Å². The van der Waals surface area contributed by atoms with Gasteiger partial charge in [-0.25, -0.2) is 4.79 Å². The summed E-state index contributed by atoms with van der Waals surface area (Å²) in [5.41, 5.74) is 3.69. The molecule has 0 atom stereocenters. The van der Waals surface area contributed by atoms with E-state index in [1.165, 1.54) is 13.2 Å². The molecule has 0 aliphatic carbocycles. The molecule has 5 nitrogen and oxygen atoms in total. The van der Waals surface area contributed by atoms with Gasteiger partial charge in [-0.1, -0.05) is 12.1 Å². The van der Waals surface area contributed by atoms with Gasteiger partial charge in [-0.05, 0) is 60.9 Å². The van der Waals surface area contributed by atoms with Crippen LogP contribution in [-0.2, 0) is 9.53 Å². The quantitative estimate of drug-likeness (QED) is 0.665. The van der Waals surface area contributed by atoms with Crippen molar-refractivity contribution in [2.75, 3.05) is 19.5 Å².